The molecule has 1 heterocycles. The number of aromatic nitrogens is 2. The Morgan fingerprint density at radius 2 is 1.86 bits per heavy atom. The first-order chi connectivity index (χ1) is 13.4. The molecule has 0 atom stereocenters. The van der Waals surface area contributed by atoms with E-state index in [0.717, 1.165) is 16.7 Å². The lowest BCUT2D eigenvalue weighted by atomic mass is 10.1. The van der Waals surface area contributed by atoms with Crippen molar-refractivity contribution in [2.75, 3.05) is 32.7 Å². The van der Waals surface area contributed by atoms with Crippen LogP contribution >= 0.6 is 0 Å². The molecule has 0 aliphatic heterocycles. The van der Waals surface area contributed by atoms with Crippen molar-refractivity contribution in [2.45, 2.75) is 6.18 Å². The van der Waals surface area contributed by atoms with Crippen molar-refractivity contribution in [1.29, 1.82) is 0 Å². The summed E-state index contributed by atoms with van der Waals surface area (Å²) < 4.78 is 51.6. The van der Waals surface area contributed by atoms with Crippen LogP contribution in [0.3, 0.4) is 0 Å². The number of rotatable bonds is 6. The Hall–Kier alpha value is -3.07. The van der Waals surface area contributed by atoms with E-state index in [-0.39, 0.29) is 22.5 Å². The van der Waals surface area contributed by atoms with Crippen LogP contribution < -0.4 is 15.7 Å². The summed E-state index contributed by atoms with van der Waals surface area (Å²) in [7, 11) is 2.78. The number of nitrogens with one attached hydrogen (secondary N) is 1. The molecule has 9 heteroatoms. The van der Waals surface area contributed by atoms with Crippen LogP contribution in [0.2, 0.25) is 0 Å². The Bertz CT molecular complexity index is 1030. The van der Waals surface area contributed by atoms with Crippen LogP contribution in [0.5, 0.6) is 5.75 Å². The van der Waals surface area contributed by atoms with E-state index in [2.05, 4.69) is 10.3 Å². The van der Waals surface area contributed by atoms with Crippen LogP contribution in [0.15, 0.2) is 47.3 Å². The fourth-order valence-corrected chi connectivity index (χ4v) is 2.87. The highest BCUT2D eigenvalue weighted by atomic mass is 19.4. The molecule has 0 aliphatic rings. The molecule has 148 valence electrons. The zero-order chi connectivity index (χ0) is 20.3. The van der Waals surface area contributed by atoms with Gasteiger partial charge in [0.2, 0.25) is 0 Å². The Morgan fingerprint density at radius 3 is 2.46 bits per heavy atom. The van der Waals surface area contributed by atoms with E-state index in [0.29, 0.717) is 18.8 Å². The molecule has 0 bridgehead atoms. The maximum absolute atomic E-state index is 13.4. The lowest BCUT2D eigenvalue weighted by molar-refractivity contribution is -0.137. The van der Waals surface area contributed by atoms with Gasteiger partial charge in [0.25, 0.3) is 0 Å². The SMILES string of the molecule is COCCNc1nc(=O)n(-c2ccccc2)c2cc(C(F)(F)F)cc(OC)c12. The van der Waals surface area contributed by atoms with Gasteiger partial charge in [-0.2, -0.15) is 18.2 Å². The Balaban J connectivity index is 2.38. The lowest BCUT2D eigenvalue weighted by Gasteiger charge is -2.18. The van der Waals surface area contributed by atoms with Crippen LogP contribution in [0.25, 0.3) is 16.6 Å². The third kappa shape index (κ3) is 3.79. The van der Waals surface area contributed by atoms with E-state index in [9.17, 15) is 18.0 Å². The maximum Gasteiger partial charge on any atom is 0.416 e. The average molecular weight is 393 g/mol. The summed E-state index contributed by atoms with van der Waals surface area (Å²) in [5, 5.41) is 3.20. The normalized spacial score (nSPS) is 11.6. The minimum atomic E-state index is -4.61. The van der Waals surface area contributed by atoms with Crippen molar-refractivity contribution >= 4 is 16.7 Å². The Labute approximate surface area is 158 Å². The summed E-state index contributed by atoms with van der Waals surface area (Å²) in [4.78, 5) is 16.7. The first-order valence-electron chi connectivity index (χ1n) is 8.37. The molecule has 0 saturated carbocycles. The molecular weight excluding hydrogens is 375 g/mol. The summed E-state index contributed by atoms with van der Waals surface area (Å²) in [5.41, 5.74) is -1.19. The largest absolute Gasteiger partial charge is 0.496 e. The highest BCUT2D eigenvalue weighted by molar-refractivity contribution is 5.96. The number of hydrogen-bond acceptors (Lipinski definition) is 5. The van der Waals surface area contributed by atoms with Crippen molar-refractivity contribution in [3.8, 4) is 11.4 Å². The van der Waals surface area contributed by atoms with Crippen LogP contribution in [-0.4, -0.2) is 36.9 Å². The van der Waals surface area contributed by atoms with Crippen LogP contribution in [-0.2, 0) is 10.9 Å². The molecule has 2 aromatic carbocycles. The van der Waals surface area contributed by atoms with Gasteiger partial charge in [0.05, 0.1) is 35.9 Å². The summed E-state index contributed by atoms with van der Waals surface area (Å²) in [6.07, 6.45) is -4.61. The van der Waals surface area contributed by atoms with E-state index in [4.69, 9.17) is 9.47 Å². The molecule has 3 aromatic rings. The summed E-state index contributed by atoms with van der Waals surface area (Å²) in [5.74, 6) is 0.0942. The molecule has 0 unspecified atom stereocenters. The molecule has 0 fully saturated rings. The second-order valence-corrected chi connectivity index (χ2v) is 5.90. The fourth-order valence-electron chi connectivity index (χ4n) is 2.87. The van der Waals surface area contributed by atoms with Gasteiger partial charge in [-0.15, -0.1) is 0 Å². The number of para-hydroxylation sites is 1. The second-order valence-electron chi connectivity index (χ2n) is 5.90. The standard InChI is InChI=1S/C19H18F3N3O3/c1-27-9-8-23-17-16-14(10-12(19(20,21)22)11-15(16)28-2)25(18(26)24-17)13-6-4-3-5-7-13/h3-7,10-11H,8-9H2,1-2H3,(H,23,24,26). The zero-order valence-corrected chi connectivity index (χ0v) is 15.2. The molecule has 1 N–H and O–H groups in total. The van der Waals surface area contributed by atoms with Gasteiger partial charge in [0.15, 0.2) is 0 Å². The van der Waals surface area contributed by atoms with Gasteiger partial charge < -0.3 is 14.8 Å². The number of halogens is 3. The molecule has 0 aliphatic carbocycles. The lowest BCUT2D eigenvalue weighted by Crippen LogP contribution is -2.25. The van der Waals surface area contributed by atoms with E-state index in [1.165, 1.54) is 14.2 Å². The fraction of sp³-hybridized carbons (Fsp3) is 0.263. The third-order valence-electron chi connectivity index (χ3n) is 4.12. The molecular formula is C19H18F3N3O3. The minimum Gasteiger partial charge on any atom is -0.496 e. The predicted molar refractivity (Wildman–Crippen MR) is 99.3 cm³/mol. The van der Waals surface area contributed by atoms with Gasteiger partial charge in [0, 0.05) is 13.7 Å². The monoisotopic (exact) mass is 393 g/mol. The van der Waals surface area contributed by atoms with Crippen molar-refractivity contribution in [1.82, 2.24) is 9.55 Å². The highest BCUT2D eigenvalue weighted by Crippen LogP contribution is 2.38. The van der Waals surface area contributed by atoms with E-state index >= 15 is 0 Å². The Morgan fingerprint density at radius 1 is 1.14 bits per heavy atom. The Kier molecular flexibility index (Phi) is 5.55. The van der Waals surface area contributed by atoms with Crippen molar-refractivity contribution in [3.63, 3.8) is 0 Å². The topological polar surface area (TPSA) is 65.4 Å². The number of hydrogen-bond donors (Lipinski definition) is 1. The molecule has 1 aromatic heterocycles. The van der Waals surface area contributed by atoms with E-state index in [1.807, 2.05) is 0 Å². The summed E-state index contributed by atoms with van der Waals surface area (Å²) >= 11 is 0. The van der Waals surface area contributed by atoms with Gasteiger partial charge >= 0.3 is 11.9 Å². The van der Waals surface area contributed by atoms with Gasteiger partial charge in [-0.1, -0.05) is 18.2 Å². The number of methoxy groups -OCH3 is 2. The molecule has 0 amide bonds. The number of ether oxygens (including phenoxy) is 2. The van der Waals surface area contributed by atoms with Crippen LogP contribution in [0.4, 0.5) is 19.0 Å². The van der Waals surface area contributed by atoms with Gasteiger partial charge in [0.1, 0.15) is 11.6 Å². The number of alkyl halides is 3. The quantitative estimate of drug-likeness (QED) is 0.650. The summed E-state index contributed by atoms with van der Waals surface area (Å²) in [6, 6.07) is 10.2. The molecule has 3 rings (SSSR count). The number of anilines is 1. The first-order valence-corrected chi connectivity index (χ1v) is 8.37. The van der Waals surface area contributed by atoms with E-state index < -0.39 is 17.4 Å². The van der Waals surface area contributed by atoms with Crippen molar-refractivity contribution < 1.29 is 22.6 Å². The second kappa shape index (κ2) is 7.89. The van der Waals surface area contributed by atoms with E-state index in [1.54, 1.807) is 30.3 Å². The smallest absolute Gasteiger partial charge is 0.416 e. The van der Waals surface area contributed by atoms with Gasteiger partial charge in [-0.25, -0.2) is 4.79 Å². The molecule has 28 heavy (non-hydrogen) atoms. The highest BCUT2D eigenvalue weighted by Gasteiger charge is 2.33. The van der Waals surface area contributed by atoms with Crippen LogP contribution in [0, 0.1) is 0 Å². The minimum absolute atomic E-state index is 0.0396. The predicted octanol–water partition coefficient (Wildman–Crippen LogP) is 3.47. The van der Waals surface area contributed by atoms with Crippen molar-refractivity contribution in [2.24, 2.45) is 0 Å². The molecule has 0 saturated heterocycles. The number of benzene rings is 2. The van der Waals surface area contributed by atoms with Gasteiger partial charge in [-0.05, 0) is 24.3 Å². The maximum atomic E-state index is 13.4. The number of nitrogens with zero attached hydrogens (tertiary/aromatic N) is 2. The third-order valence-corrected chi connectivity index (χ3v) is 4.12. The average Bonchev–Trinajstić information content (AvgIpc) is 2.67. The summed E-state index contributed by atoms with van der Waals surface area (Å²) in [6.45, 7) is 0.644. The van der Waals surface area contributed by atoms with Crippen molar-refractivity contribution in [3.05, 3.63) is 58.5 Å². The first kappa shape index (κ1) is 19.7. The molecule has 0 radical (unpaired) electrons. The molecule has 6 nitrogen and oxygen atoms in total. The van der Waals surface area contributed by atoms with Crippen LogP contribution in [0.1, 0.15) is 5.56 Å². The van der Waals surface area contributed by atoms with Gasteiger partial charge in [-0.3, -0.25) is 4.57 Å². The zero-order valence-electron chi connectivity index (χ0n) is 15.2. The number of fused-ring (bicyclic) bond motifs is 1. The molecule has 0 spiro atoms.